The zero-order valence-electron chi connectivity index (χ0n) is 18.4. The number of hydrogen-bond donors (Lipinski definition) is 1. The Hall–Kier alpha value is -2.32. The Balaban J connectivity index is 1.56. The van der Waals surface area contributed by atoms with Crippen LogP contribution >= 0.6 is 23.1 Å². The van der Waals surface area contributed by atoms with Crippen molar-refractivity contribution in [2.45, 2.75) is 50.8 Å². The van der Waals surface area contributed by atoms with Crippen molar-refractivity contribution in [1.29, 1.82) is 0 Å². The first kappa shape index (κ1) is 23.3. The van der Waals surface area contributed by atoms with E-state index in [1.165, 1.54) is 16.6 Å². The Bertz CT molecular complexity index is 1020. The molecule has 0 aliphatic carbocycles. The molecule has 8 heteroatoms. The van der Waals surface area contributed by atoms with Gasteiger partial charge in [0.1, 0.15) is 16.2 Å². The van der Waals surface area contributed by atoms with Crippen LogP contribution < -0.4 is 14.8 Å². The number of nitrogens with zero attached hydrogens (tertiary/aromatic N) is 2. The van der Waals surface area contributed by atoms with Gasteiger partial charge in [-0.2, -0.15) is 0 Å². The maximum atomic E-state index is 12.6. The molecule has 2 aromatic heterocycles. The van der Waals surface area contributed by atoms with E-state index in [0.29, 0.717) is 19.8 Å². The second-order valence-electron chi connectivity index (χ2n) is 6.91. The van der Waals surface area contributed by atoms with Gasteiger partial charge in [0.25, 0.3) is 0 Å². The summed E-state index contributed by atoms with van der Waals surface area (Å²) < 4.78 is 11.3. The highest BCUT2D eigenvalue weighted by molar-refractivity contribution is 8.00. The predicted octanol–water partition coefficient (Wildman–Crippen LogP) is 4.89. The van der Waals surface area contributed by atoms with E-state index < -0.39 is 0 Å². The average Bonchev–Trinajstić information content (AvgIpc) is 3.20. The van der Waals surface area contributed by atoms with Gasteiger partial charge in [0.05, 0.1) is 18.5 Å². The number of aromatic nitrogens is 2. The normalized spacial score (nSPS) is 12.0. The van der Waals surface area contributed by atoms with Crippen LogP contribution in [-0.4, -0.2) is 40.9 Å². The van der Waals surface area contributed by atoms with E-state index in [0.717, 1.165) is 45.1 Å². The van der Waals surface area contributed by atoms with Crippen LogP contribution in [0.4, 0.5) is 0 Å². The summed E-state index contributed by atoms with van der Waals surface area (Å²) in [6.45, 7) is 9.66. The molecule has 1 atom stereocenters. The van der Waals surface area contributed by atoms with E-state index in [4.69, 9.17) is 9.47 Å². The van der Waals surface area contributed by atoms with Gasteiger partial charge in [-0.1, -0.05) is 24.8 Å². The van der Waals surface area contributed by atoms with Gasteiger partial charge in [0.2, 0.25) is 5.91 Å². The first-order chi connectivity index (χ1) is 15.0. The van der Waals surface area contributed by atoms with Gasteiger partial charge in [-0.15, -0.1) is 11.3 Å². The van der Waals surface area contributed by atoms with E-state index in [-0.39, 0.29) is 11.2 Å². The number of fused-ring (bicyclic) bond motifs is 1. The van der Waals surface area contributed by atoms with Crippen LogP contribution in [0.3, 0.4) is 0 Å². The first-order valence-electron chi connectivity index (χ1n) is 10.6. The highest BCUT2D eigenvalue weighted by Crippen LogP contribution is 2.33. The van der Waals surface area contributed by atoms with E-state index >= 15 is 0 Å². The number of rotatable bonds is 11. The second-order valence-corrected chi connectivity index (χ2v) is 9.36. The van der Waals surface area contributed by atoms with Crippen molar-refractivity contribution in [3.63, 3.8) is 0 Å². The summed E-state index contributed by atoms with van der Waals surface area (Å²) in [5.74, 6) is 1.49. The number of carbonyl (C=O) groups is 1. The molecule has 166 valence electrons. The predicted molar refractivity (Wildman–Crippen MR) is 128 cm³/mol. The highest BCUT2D eigenvalue weighted by Gasteiger charge is 2.18. The lowest BCUT2D eigenvalue weighted by atomic mass is 10.1. The zero-order valence-corrected chi connectivity index (χ0v) is 20.1. The molecule has 31 heavy (non-hydrogen) atoms. The molecular formula is C23H29N3O3S2. The first-order valence-corrected chi connectivity index (χ1v) is 12.3. The smallest absolute Gasteiger partial charge is 0.233 e. The summed E-state index contributed by atoms with van der Waals surface area (Å²) in [7, 11) is 0. The Morgan fingerprint density at radius 1 is 1.13 bits per heavy atom. The van der Waals surface area contributed by atoms with Gasteiger partial charge in [-0.3, -0.25) is 4.79 Å². The van der Waals surface area contributed by atoms with Crippen molar-refractivity contribution in [2.24, 2.45) is 0 Å². The average molecular weight is 460 g/mol. The SMILES string of the molecule is CCOc1ccc(CCNC(=O)C(C)Sc2ncnc3sc(CC)cc23)cc1OCC. The summed E-state index contributed by atoms with van der Waals surface area (Å²) >= 11 is 3.16. The summed E-state index contributed by atoms with van der Waals surface area (Å²) in [6.07, 6.45) is 3.27. The Labute approximate surface area is 191 Å². The number of nitrogens with one attached hydrogen (secondary N) is 1. The zero-order chi connectivity index (χ0) is 22.2. The van der Waals surface area contributed by atoms with Crippen molar-refractivity contribution in [1.82, 2.24) is 15.3 Å². The molecule has 0 saturated carbocycles. The molecule has 0 saturated heterocycles. The molecule has 1 aromatic carbocycles. The fraction of sp³-hybridized carbons (Fsp3) is 0.435. The number of thiophene rings is 1. The van der Waals surface area contributed by atoms with Crippen LogP contribution in [0.25, 0.3) is 10.2 Å². The number of amides is 1. The lowest BCUT2D eigenvalue weighted by Gasteiger charge is -2.14. The van der Waals surface area contributed by atoms with Crippen LogP contribution in [0.5, 0.6) is 11.5 Å². The number of thioether (sulfide) groups is 1. The summed E-state index contributed by atoms with van der Waals surface area (Å²) in [4.78, 5) is 23.6. The van der Waals surface area contributed by atoms with Crippen molar-refractivity contribution in [2.75, 3.05) is 19.8 Å². The Morgan fingerprint density at radius 2 is 1.90 bits per heavy atom. The monoisotopic (exact) mass is 459 g/mol. The molecule has 0 aliphatic rings. The number of carbonyl (C=O) groups excluding carboxylic acids is 1. The molecule has 6 nitrogen and oxygen atoms in total. The lowest BCUT2D eigenvalue weighted by molar-refractivity contribution is -0.120. The van der Waals surface area contributed by atoms with Crippen LogP contribution in [0.15, 0.2) is 35.6 Å². The molecular weight excluding hydrogens is 430 g/mol. The molecule has 1 N–H and O–H groups in total. The number of hydrogen-bond acceptors (Lipinski definition) is 7. The van der Waals surface area contributed by atoms with Gasteiger partial charge in [0.15, 0.2) is 11.5 Å². The molecule has 0 radical (unpaired) electrons. The van der Waals surface area contributed by atoms with Crippen LogP contribution in [-0.2, 0) is 17.6 Å². The lowest BCUT2D eigenvalue weighted by Crippen LogP contribution is -2.32. The van der Waals surface area contributed by atoms with E-state index in [1.807, 2.05) is 39.0 Å². The number of aryl methyl sites for hydroxylation is 1. The third kappa shape index (κ3) is 6.11. The highest BCUT2D eigenvalue weighted by atomic mass is 32.2. The Kier molecular flexibility index (Phi) is 8.54. The molecule has 0 aliphatic heterocycles. The molecule has 0 fully saturated rings. The minimum Gasteiger partial charge on any atom is -0.490 e. The molecule has 0 spiro atoms. The third-order valence-electron chi connectivity index (χ3n) is 4.67. The summed E-state index contributed by atoms with van der Waals surface area (Å²) in [5, 5.41) is 4.68. The second kappa shape index (κ2) is 11.3. The summed E-state index contributed by atoms with van der Waals surface area (Å²) in [6, 6.07) is 8.06. The fourth-order valence-corrected chi connectivity index (χ4v) is 5.01. The van der Waals surface area contributed by atoms with Gasteiger partial charge in [-0.25, -0.2) is 9.97 Å². The molecule has 3 aromatic rings. The van der Waals surface area contributed by atoms with Gasteiger partial charge in [-0.05, 0) is 57.4 Å². The van der Waals surface area contributed by atoms with Crippen molar-refractivity contribution >= 4 is 39.2 Å². The fourth-order valence-electron chi connectivity index (χ4n) is 3.10. The largest absolute Gasteiger partial charge is 0.490 e. The maximum absolute atomic E-state index is 12.6. The number of ether oxygens (including phenoxy) is 2. The van der Waals surface area contributed by atoms with Gasteiger partial charge < -0.3 is 14.8 Å². The third-order valence-corrected chi connectivity index (χ3v) is 6.97. The van der Waals surface area contributed by atoms with Crippen LogP contribution in [0.2, 0.25) is 0 Å². The molecule has 3 rings (SSSR count). The van der Waals surface area contributed by atoms with Crippen molar-refractivity contribution in [3.8, 4) is 11.5 Å². The standard InChI is InChI=1S/C23H29N3O3S2/c1-5-17-13-18-22(25-14-26-23(18)31-17)30-15(4)21(27)24-11-10-16-8-9-19(28-6-2)20(12-16)29-7-3/h8-9,12-15H,5-7,10-11H2,1-4H3,(H,24,27). The molecule has 1 unspecified atom stereocenters. The topological polar surface area (TPSA) is 73.3 Å². The molecule has 0 bridgehead atoms. The van der Waals surface area contributed by atoms with Crippen molar-refractivity contribution < 1.29 is 14.3 Å². The summed E-state index contributed by atoms with van der Waals surface area (Å²) in [5.41, 5.74) is 1.09. The van der Waals surface area contributed by atoms with Crippen molar-refractivity contribution in [3.05, 3.63) is 41.0 Å². The minimum absolute atomic E-state index is 0.00123. The molecule has 1 amide bonds. The van der Waals surface area contributed by atoms with E-state index in [1.54, 1.807) is 17.7 Å². The Morgan fingerprint density at radius 3 is 2.65 bits per heavy atom. The van der Waals surface area contributed by atoms with E-state index in [2.05, 4.69) is 28.3 Å². The quantitative estimate of drug-likeness (QED) is 0.325. The van der Waals surface area contributed by atoms with Crippen LogP contribution in [0.1, 0.15) is 38.1 Å². The maximum Gasteiger partial charge on any atom is 0.233 e. The molecule has 2 heterocycles. The van der Waals surface area contributed by atoms with Gasteiger partial charge in [0, 0.05) is 16.8 Å². The van der Waals surface area contributed by atoms with Gasteiger partial charge >= 0.3 is 0 Å². The minimum atomic E-state index is -0.248. The van der Waals surface area contributed by atoms with Crippen LogP contribution in [0, 0.1) is 0 Å². The number of benzene rings is 1. The van der Waals surface area contributed by atoms with E-state index in [9.17, 15) is 4.79 Å².